The Morgan fingerprint density at radius 1 is 1.24 bits per heavy atom. The molecule has 1 saturated heterocycles. The van der Waals surface area contributed by atoms with E-state index in [2.05, 4.69) is 10.1 Å². The van der Waals surface area contributed by atoms with Gasteiger partial charge in [0.25, 0.3) is 5.91 Å². The largest absolute Gasteiger partial charge is 0.468 e. The van der Waals surface area contributed by atoms with Gasteiger partial charge in [0.15, 0.2) is 5.09 Å². The van der Waals surface area contributed by atoms with E-state index in [4.69, 9.17) is 4.42 Å². The Hall–Kier alpha value is -3.00. The number of amides is 3. The number of nitrogens with zero attached hydrogens (tertiary/aromatic N) is 1. The van der Waals surface area contributed by atoms with Crippen LogP contribution in [0.25, 0.3) is 6.08 Å². The predicted octanol–water partition coefficient (Wildman–Crippen LogP) is 2.50. The second kappa shape index (κ2) is 7.27. The first-order chi connectivity index (χ1) is 12.1. The number of furan rings is 1. The Bertz CT molecular complexity index is 844. The molecule has 0 spiro atoms. The zero-order valence-corrected chi connectivity index (χ0v) is 14.0. The third-order valence-electron chi connectivity index (χ3n) is 3.33. The Kier molecular flexibility index (Phi) is 4.90. The molecule has 1 aromatic heterocycles. The van der Waals surface area contributed by atoms with Crippen LogP contribution in [0.15, 0.2) is 62.6 Å². The van der Waals surface area contributed by atoms with E-state index < -0.39 is 24.5 Å². The number of methoxy groups -OCH3 is 1. The van der Waals surface area contributed by atoms with Crippen LogP contribution in [0.5, 0.6) is 0 Å². The number of benzene rings is 1. The van der Waals surface area contributed by atoms with Gasteiger partial charge in [0.05, 0.1) is 7.11 Å². The fraction of sp³-hybridized carbons (Fsp3) is 0.118. The van der Waals surface area contributed by atoms with Crippen molar-refractivity contribution in [2.45, 2.75) is 9.99 Å². The van der Waals surface area contributed by atoms with Gasteiger partial charge in [-0.15, -0.1) is 0 Å². The second-order valence-electron chi connectivity index (χ2n) is 5.03. The highest BCUT2D eigenvalue weighted by Gasteiger charge is 2.35. The van der Waals surface area contributed by atoms with E-state index in [1.165, 1.54) is 24.9 Å². The third kappa shape index (κ3) is 3.92. The van der Waals surface area contributed by atoms with E-state index in [9.17, 15) is 14.4 Å². The molecule has 1 fully saturated rings. The quantitative estimate of drug-likeness (QED) is 0.502. The van der Waals surface area contributed by atoms with Gasteiger partial charge in [0.1, 0.15) is 18.0 Å². The molecule has 1 aliphatic heterocycles. The molecule has 1 aromatic carbocycles. The molecule has 3 amide bonds. The number of rotatable bonds is 5. The van der Waals surface area contributed by atoms with Gasteiger partial charge in [-0.3, -0.25) is 9.59 Å². The minimum absolute atomic E-state index is 0.0412. The van der Waals surface area contributed by atoms with Crippen molar-refractivity contribution in [3.63, 3.8) is 0 Å². The van der Waals surface area contributed by atoms with E-state index in [-0.39, 0.29) is 5.70 Å². The number of nitrogens with one attached hydrogen (secondary N) is 1. The summed E-state index contributed by atoms with van der Waals surface area (Å²) < 4.78 is 10.1. The van der Waals surface area contributed by atoms with Crippen molar-refractivity contribution in [1.82, 2.24) is 10.2 Å². The van der Waals surface area contributed by atoms with Crippen molar-refractivity contribution in [1.29, 1.82) is 0 Å². The monoisotopic (exact) mass is 358 g/mol. The van der Waals surface area contributed by atoms with Gasteiger partial charge in [0.2, 0.25) is 0 Å². The first-order valence-electron chi connectivity index (χ1n) is 7.31. The van der Waals surface area contributed by atoms with E-state index in [1.54, 1.807) is 12.1 Å². The highest BCUT2D eigenvalue weighted by Crippen LogP contribution is 2.29. The minimum Gasteiger partial charge on any atom is -0.468 e. The normalized spacial score (nSPS) is 15.6. The summed E-state index contributed by atoms with van der Waals surface area (Å²) in [5, 5.41) is 3.07. The van der Waals surface area contributed by atoms with Crippen molar-refractivity contribution in [3.8, 4) is 0 Å². The van der Waals surface area contributed by atoms with Gasteiger partial charge in [-0.2, -0.15) is 0 Å². The van der Waals surface area contributed by atoms with Crippen molar-refractivity contribution >= 4 is 35.7 Å². The second-order valence-corrected chi connectivity index (χ2v) is 6.11. The summed E-state index contributed by atoms with van der Waals surface area (Å²) in [6.07, 6.45) is 1.42. The lowest BCUT2D eigenvalue weighted by atomic mass is 10.3. The summed E-state index contributed by atoms with van der Waals surface area (Å²) in [5.41, 5.74) is 0.0412. The van der Waals surface area contributed by atoms with Gasteiger partial charge in [-0.25, -0.2) is 9.69 Å². The maximum Gasteiger partial charge on any atom is 0.329 e. The van der Waals surface area contributed by atoms with Crippen molar-refractivity contribution in [3.05, 3.63) is 53.9 Å². The molecule has 0 unspecified atom stereocenters. The van der Waals surface area contributed by atoms with Crippen LogP contribution < -0.4 is 5.32 Å². The fourth-order valence-electron chi connectivity index (χ4n) is 2.12. The molecule has 0 radical (unpaired) electrons. The molecule has 128 valence electrons. The fourth-order valence-corrected chi connectivity index (χ4v) is 2.92. The average molecular weight is 358 g/mol. The molecule has 0 atom stereocenters. The highest BCUT2D eigenvalue weighted by atomic mass is 32.2. The maximum atomic E-state index is 12.2. The summed E-state index contributed by atoms with van der Waals surface area (Å²) in [5.74, 6) is -0.865. The van der Waals surface area contributed by atoms with Crippen LogP contribution in [0.3, 0.4) is 0 Å². The minimum atomic E-state index is -0.677. The molecule has 8 heteroatoms. The first kappa shape index (κ1) is 16.8. The molecular weight excluding hydrogens is 344 g/mol. The highest BCUT2D eigenvalue weighted by molar-refractivity contribution is 7.99. The Balaban J connectivity index is 1.72. The first-order valence-corrected chi connectivity index (χ1v) is 8.12. The summed E-state index contributed by atoms with van der Waals surface area (Å²) in [6, 6.07) is 12.5. The van der Waals surface area contributed by atoms with Gasteiger partial charge < -0.3 is 14.5 Å². The lowest BCUT2D eigenvalue weighted by molar-refractivity contribution is -0.143. The zero-order chi connectivity index (χ0) is 17.8. The summed E-state index contributed by atoms with van der Waals surface area (Å²) in [4.78, 5) is 37.0. The van der Waals surface area contributed by atoms with E-state index >= 15 is 0 Å². The number of hydrogen-bond acceptors (Lipinski definition) is 6. The van der Waals surface area contributed by atoms with Crippen LogP contribution in [0.1, 0.15) is 5.76 Å². The van der Waals surface area contributed by atoms with Gasteiger partial charge in [-0.1, -0.05) is 30.0 Å². The molecule has 3 rings (SSSR count). The number of imide groups is 1. The van der Waals surface area contributed by atoms with E-state index in [1.807, 2.05) is 30.3 Å². The number of hydrogen-bond donors (Lipinski definition) is 1. The van der Waals surface area contributed by atoms with Crippen molar-refractivity contribution < 1.29 is 23.5 Å². The van der Waals surface area contributed by atoms with Crippen LogP contribution in [0.2, 0.25) is 0 Å². The van der Waals surface area contributed by atoms with E-state index in [0.29, 0.717) is 10.9 Å². The number of carbonyl (C=O) groups is 3. The molecule has 0 bridgehead atoms. The maximum absolute atomic E-state index is 12.2. The topological polar surface area (TPSA) is 88.8 Å². The predicted molar refractivity (Wildman–Crippen MR) is 89.5 cm³/mol. The molecule has 25 heavy (non-hydrogen) atoms. The summed E-state index contributed by atoms with van der Waals surface area (Å²) in [7, 11) is 1.19. The lowest BCUT2D eigenvalue weighted by Crippen LogP contribution is -2.36. The molecule has 2 heterocycles. The van der Waals surface area contributed by atoms with Crippen molar-refractivity contribution in [2.24, 2.45) is 0 Å². The summed E-state index contributed by atoms with van der Waals surface area (Å²) >= 11 is 1.44. The molecule has 0 saturated carbocycles. The number of urea groups is 1. The number of ether oxygens (including phenoxy) is 1. The van der Waals surface area contributed by atoms with E-state index in [0.717, 1.165) is 9.80 Å². The lowest BCUT2D eigenvalue weighted by Gasteiger charge is -2.08. The molecule has 1 aliphatic rings. The molecule has 2 aromatic rings. The third-order valence-corrected chi connectivity index (χ3v) is 4.26. The average Bonchev–Trinajstić information content (AvgIpc) is 3.15. The van der Waals surface area contributed by atoms with Crippen LogP contribution >= 0.6 is 11.8 Å². The van der Waals surface area contributed by atoms with Gasteiger partial charge in [0, 0.05) is 11.0 Å². The Morgan fingerprint density at radius 2 is 2.00 bits per heavy atom. The Labute approximate surface area is 147 Å². The molecular formula is C17H14N2O5S. The Morgan fingerprint density at radius 3 is 2.72 bits per heavy atom. The molecule has 7 nitrogen and oxygen atoms in total. The van der Waals surface area contributed by atoms with Crippen LogP contribution in [-0.4, -0.2) is 36.5 Å². The summed E-state index contributed by atoms with van der Waals surface area (Å²) in [6.45, 7) is -0.439. The van der Waals surface area contributed by atoms with Crippen LogP contribution in [0.4, 0.5) is 4.79 Å². The van der Waals surface area contributed by atoms with Gasteiger partial charge in [-0.05, 0) is 24.3 Å². The smallest absolute Gasteiger partial charge is 0.329 e. The van der Waals surface area contributed by atoms with Gasteiger partial charge >= 0.3 is 12.0 Å². The van der Waals surface area contributed by atoms with Crippen molar-refractivity contribution in [2.75, 3.05) is 13.7 Å². The number of carbonyl (C=O) groups excluding carboxylic acids is 3. The molecule has 1 N–H and O–H groups in total. The van der Waals surface area contributed by atoms with Crippen LogP contribution in [-0.2, 0) is 14.3 Å². The van der Waals surface area contributed by atoms with Crippen LogP contribution in [0, 0.1) is 0 Å². The molecule has 0 aliphatic carbocycles. The standard InChI is InChI=1S/C17H14N2O5S/c1-23-14(20)10-19-16(21)13(18-17(19)22)9-11-7-8-15(24-11)25-12-5-3-2-4-6-12/h2-9H,10H2,1H3,(H,18,22)/b13-9+. The SMILES string of the molecule is COC(=O)CN1C(=O)N/C(=C/c2ccc(Sc3ccccc3)o2)C1=O. The number of esters is 1. The zero-order valence-electron chi connectivity index (χ0n) is 13.2.